The van der Waals surface area contributed by atoms with Crippen LogP contribution in [-0.4, -0.2) is 47.0 Å². The van der Waals surface area contributed by atoms with E-state index >= 15 is 0 Å². The molecular weight excluding hydrogens is 347 g/mol. The molecule has 2 unspecified atom stereocenters. The fourth-order valence-corrected chi connectivity index (χ4v) is 3.41. The first kappa shape index (κ1) is 18.5. The van der Waals surface area contributed by atoms with Gasteiger partial charge in [-0.05, 0) is 18.2 Å². The van der Waals surface area contributed by atoms with Crippen molar-refractivity contribution in [3.05, 3.63) is 33.1 Å². The van der Waals surface area contributed by atoms with Crippen LogP contribution in [0, 0.1) is 0 Å². The van der Waals surface area contributed by atoms with E-state index in [1.165, 1.54) is 31.0 Å². The smallest absolute Gasteiger partial charge is 0.330 e. The first-order chi connectivity index (χ1) is 10.8. The molecule has 2 rings (SSSR count). The van der Waals surface area contributed by atoms with Crippen molar-refractivity contribution in [2.75, 3.05) is 14.2 Å². The SMILES string of the molecule is CC[C@H]1O[C@@H](n2ccc(=O)[nH]c2=O)C(OC)[C@H]1OP(O)(=S)OC. The third-order valence-corrected chi connectivity index (χ3v) is 5.25. The standard InChI is InChI=1S/C12H19N2O7PS/c1-4-7-9(21-22(17,23)19-3)10(18-2)11(20-7)14-6-5-8(15)13-12(14)16/h5-7,9-11H,4H2,1-3H3,(H,17,23)(H,13,15,16)/t7-,9+,10?,11-,22?/m1/s1. The van der Waals surface area contributed by atoms with Gasteiger partial charge in [-0.1, -0.05) is 6.92 Å². The van der Waals surface area contributed by atoms with Gasteiger partial charge in [0.05, 0.1) is 6.10 Å². The quantitative estimate of drug-likeness (QED) is 0.682. The molecule has 0 aliphatic carbocycles. The van der Waals surface area contributed by atoms with Gasteiger partial charge in [0.2, 0.25) is 0 Å². The van der Waals surface area contributed by atoms with Crippen molar-refractivity contribution in [2.45, 2.75) is 37.9 Å². The Morgan fingerprint density at radius 1 is 1.43 bits per heavy atom. The lowest BCUT2D eigenvalue weighted by atomic mass is 10.1. The number of ether oxygens (including phenoxy) is 2. The molecule has 1 aromatic rings. The molecule has 0 bridgehead atoms. The van der Waals surface area contributed by atoms with Crippen molar-refractivity contribution in [2.24, 2.45) is 0 Å². The Morgan fingerprint density at radius 3 is 2.65 bits per heavy atom. The van der Waals surface area contributed by atoms with Crippen LogP contribution >= 0.6 is 6.72 Å². The minimum Gasteiger partial charge on any atom is -0.374 e. The Bertz CT molecular complexity index is 705. The van der Waals surface area contributed by atoms with Gasteiger partial charge in [-0.2, -0.15) is 0 Å². The Hall–Kier alpha value is -0.870. The van der Waals surface area contributed by atoms with Crippen molar-refractivity contribution < 1.29 is 23.4 Å². The molecule has 1 fully saturated rings. The topological polar surface area (TPSA) is 112 Å². The van der Waals surface area contributed by atoms with Crippen molar-refractivity contribution >= 4 is 18.5 Å². The van der Waals surface area contributed by atoms with Crippen LogP contribution in [0.25, 0.3) is 0 Å². The van der Waals surface area contributed by atoms with Gasteiger partial charge in [0.15, 0.2) is 6.23 Å². The Kier molecular flexibility index (Phi) is 5.90. The van der Waals surface area contributed by atoms with Gasteiger partial charge in [-0.25, -0.2) is 4.79 Å². The maximum atomic E-state index is 12.0. The number of hydrogen-bond donors (Lipinski definition) is 2. The number of hydrogen-bond acceptors (Lipinski definition) is 7. The van der Waals surface area contributed by atoms with E-state index in [-0.39, 0.29) is 0 Å². The van der Waals surface area contributed by atoms with Crippen LogP contribution in [0.5, 0.6) is 0 Å². The maximum absolute atomic E-state index is 12.0. The highest BCUT2D eigenvalue weighted by Crippen LogP contribution is 2.48. The van der Waals surface area contributed by atoms with Gasteiger partial charge < -0.3 is 18.9 Å². The summed E-state index contributed by atoms with van der Waals surface area (Å²) in [5.74, 6) is 0. The average molecular weight is 366 g/mol. The van der Waals surface area contributed by atoms with Crippen molar-refractivity contribution in [3.63, 3.8) is 0 Å². The third kappa shape index (κ3) is 3.97. The Labute approximate surface area is 137 Å². The highest BCUT2D eigenvalue weighted by Gasteiger charge is 2.48. The van der Waals surface area contributed by atoms with Crippen molar-refractivity contribution in [1.29, 1.82) is 0 Å². The predicted molar refractivity (Wildman–Crippen MR) is 84.7 cm³/mol. The molecular formula is C12H19N2O7PS. The molecule has 1 aliphatic rings. The van der Waals surface area contributed by atoms with E-state index in [4.69, 9.17) is 30.3 Å². The second-order valence-electron chi connectivity index (χ2n) is 4.91. The van der Waals surface area contributed by atoms with Gasteiger partial charge in [0, 0.05) is 26.5 Å². The number of H-pyrrole nitrogens is 1. The molecule has 130 valence electrons. The average Bonchev–Trinajstić information content (AvgIpc) is 2.84. The molecule has 1 aliphatic heterocycles. The molecule has 5 atom stereocenters. The Balaban J connectivity index is 2.37. The number of methoxy groups -OCH3 is 1. The van der Waals surface area contributed by atoms with Gasteiger partial charge in [-0.15, -0.1) is 0 Å². The normalized spacial score (nSPS) is 30.3. The highest BCUT2D eigenvalue weighted by molar-refractivity contribution is 8.07. The summed E-state index contributed by atoms with van der Waals surface area (Å²) < 4.78 is 22.7. The second-order valence-corrected chi connectivity index (χ2v) is 7.81. The minimum atomic E-state index is -3.43. The van der Waals surface area contributed by atoms with E-state index in [1.807, 2.05) is 6.92 Å². The van der Waals surface area contributed by atoms with Crippen LogP contribution in [0.4, 0.5) is 0 Å². The van der Waals surface area contributed by atoms with Gasteiger partial charge in [0.1, 0.15) is 12.2 Å². The monoisotopic (exact) mass is 366 g/mol. The largest absolute Gasteiger partial charge is 0.374 e. The lowest BCUT2D eigenvalue weighted by molar-refractivity contribution is -0.0539. The molecule has 0 radical (unpaired) electrons. The minimum absolute atomic E-state index is 0.464. The number of aromatic nitrogens is 2. The number of nitrogens with zero attached hydrogens (tertiary/aromatic N) is 1. The summed E-state index contributed by atoms with van der Waals surface area (Å²) in [6, 6.07) is 1.21. The number of nitrogens with one attached hydrogen (secondary N) is 1. The molecule has 11 heteroatoms. The summed E-state index contributed by atoms with van der Waals surface area (Å²) in [5, 5.41) is 0. The number of aromatic amines is 1. The summed E-state index contributed by atoms with van der Waals surface area (Å²) in [7, 11) is 2.68. The highest BCUT2D eigenvalue weighted by atomic mass is 32.5. The molecule has 2 N–H and O–H groups in total. The Morgan fingerprint density at radius 2 is 2.13 bits per heavy atom. The number of rotatable bonds is 6. The second kappa shape index (κ2) is 7.35. The zero-order valence-corrected chi connectivity index (χ0v) is 14.6. The molecule has 0 amide bonds. The first-order valence-electron chi connectivity index (χ1n) is 6.89. The fourth-order valence-electron chi connectivity index (χ4n) is 2.46. The fraction of sp³-hybridized carbons (Fsp3) is 0.667. The van der Waals surface area contributed by atoms with E-state index in [2.05, 4.69) is 4.98 Å². The van der Waals surface area contributed by atoms with E-state index in [0.29, 0.717) is 6.42 Å². The zero-order valence-electron chi connectivity index (χ0n) is 12.9. The van der Waals surface area contributed by atoms with Gasteiger partial charge >= 0.3 is 12.4 Å². The van der Waals surface area contributed by atoms with Crippen LogP contribution in [0.15, 0.2) is 21.9 Å². The predicted octanol–water partition coefficient (Wildman–Crippen LogP) is 0.107. The summed E-state index contributed by atoms with van der Waals surface area (Å²) >= 11 is 4.88. The van der Waals surface area contributed by atoms with Crippen LogP contribution in [0.3, 0.4) is 0 Å². The van der Waals surface area contributed by atoms with Crippen molar-refractivity contribution in [3.8, 4) is 0 Å². The van der Waals surface area contributed by atoms with E-state index in [9.17, 15) is 14.5 Å². The van der Waals surface area contributed by atoms with Crippen LogP contribution in [-0.2, 0) is 30.3 Å². The van der Waals surface area contributed by atoms with Crippen LogP contribution in [0.1, 0.15) is 19.6 Å². The summed E-state index contributed by atoms with van der Waals surface area (Å²) in [6.45, 7) is -1.57. The molecule has 0 saturated carbocycles. The zero-order chi connectivity index (χ0) is 17.2. The molecule has 2 heterocycles. The summed E-state index contributed by atoms with van der Waals surface area (Å²) in [4.78, 5) is 35.2. The van der Waals surface area contributed by atoms with E-state index in [1.54, 1.807) is 0 Å². The summed E-state index contributed by atoms with van der Waals surface area (Å²) in [6.07, 6.45) is -0.867. The molecule has 23 heavy (non-hydrogen) atoms. The third-order valence-electron chi connectivity index (χ3n) is 3.57. The molecule has 1 aromatic heterocycles. The first-order valence-corrected chi connectivity index (χ1v) is 9.48. The van der Waals surface area contributed by atoms with E-state index < -0.39 is 42.5 Å². The molecule has 0 spiro atoms. The molecule has 1 saturated heterocycles. The molecule has 9 nitrogen and oxygen atoms in total. The lowest BCUT2D eigenvalue weighted by Gasteiger charge is -2.26. The molecule has 0 aromatic carbocycles. The van der Waals surface area contributed by atoms with Gasteiger partial charge in [-0.3, -0.25) is 18.9 Å². The van der Waals surface area contributed by atoms with Crippen molar-refractivity contribution in [1.82, 2.24) is 9.55 Å². The van der Waals surface area contributed by atoms with Crippen LogP contribution in [0.2, 0.25) is 0 Å². The van der Waals surface area contributed by atoms with E-state index in [0.717, 1.165) is 0 Å². The maximum Gasteiger partial charge on any atom is 0.330 e. The van der Waals surface area contributed by atoms with Gasteiger partial charge in [0.25, 0.3) is 5.56 Å². The summed E-state index contributed by atoms with van der Waals surface area (Å²) in [5.41, 5.74) is -1.14. The lowest BCUT2D eigenvalue weighted by Crippen LogP contribution is -2.39. The van der Waals surface area contributed by atoms with Crippen LogP contribution < -0.4 is 11.2 Å².